The molecular weight excluding hydrogens is 246 g/mol. The molecule has 0 radical (unpaired) electrons. The van der Waals surface area contributed by atoms with Gasteiger partial charge in [-0.2, -0.15) is 0 Å². The molecular formula is C17H27N3. The Morgan fingerprint density at radius 1 is 1.30 bits per heavy atom. The van der Waals surface area contributed by atoms with E-state index < -0.39 is 0 Å². The van der Waals surface area contributed by atoms with Crippen LogP contribution >= 0.6 is 0 Å². The van der Waals surface area contributed by atoms with Crippen LogP contribution < -0.4 is 5.32 Å². The molecule has 1 atom stereocenters. The van der Waals surface area contributed by atoms with E-state index in [-0.39, 0.29) is 0 Å². The maximum atomic E-state index is 4.64. The van der Waals surface area contributed by atoms with Gasteiger partial charge in [0.1, 0.15) is 0 Å². The molecule has 2 fully saturated rings. The minimum Gasteiger partial charge on any atom is -0.310 e. The third-order valence-electron chi connectivity index (χ3n) is 4.62. The number of nitrogens with zero attached hydrogens (tertiary/aromatic N) is 2. The van der Waals surface area contributed by atoms with Gasteiger partial charge in [-0.05, 0) is 49.8 Å². The Kier molecular flexibility index (Phi) is 4.69. The summed E-state index contributed by atoms with van der Waals surface area (Å²) in [6.45, 7) is 6.80. The molecule has 1 unspecified atom stereocenters. The first-order valence-electron chi connectivity index (χ1n) is 8.23. The number of piperidine rings is 1. The minimum atomic E-state index is 0.772. The average molecular weight is 273 g/mol. The number of aromatic nitrogens is 1. The van der Waals surface area contributed by atoms with E-state index in [1.54, 1.807) is 0 Å². The Hall–Kier alpha value is -0.930. The summed E-state index contributed by atoms with van der Waals surface area (Å²) in [6.07, 6.45) is 8.81. The standard InChI is InChI=1S/C17H27N3/c1-2-14-4-3-9-20(12-14)13-17-6-5-15(11-19-17)10-18-16-7-8-16/h5-6,11,14,16,18H,2-4,7-10,12-13H2,1H3. The summed E-state index contributed by atoms with van der Waals surface area (Å²) in [6, 6.07) is 5.22. The van der Waals surface area contributed by atoms with Gasteiger partial charge in [0.15, 0.2) is 0 Å². The first-order chi connectivity index (χ1) is 9.83. The number of pyridine rings is 1. The van der Waals surface area contributed by atoms with Crippen LogP contribution in [0.3, 0.4) is 0 Å². The number of likely N-dealkylation sites (tertiary alicyclic amines) is 1. The first-order valence-corrected chi connectivity index (χ1v) is 8.23. The van der Waals surface area contributed by atoms with Gasteiger partial charge < -0.3 is 5.32 Å². The SMILES string of the molecule is CCC1CCCN(Cc2ccc(CNC3CC3)cn2)C1. The summed E-state index contributed by atoms with van der Waals surface area (Å²) >= 11 is 0. The summed E-state index contributed by atoms with van der Waals surface area (Å²) in [5.41, 5.74) is 2.53. The highest BCUT2D eigenvalue weighted by Gasteiger charge is 2.20. The van der Waals surface area contributed by atoms with Crippen LogP contribution in [0.1, 0.15) is 50.3 Å². The second-order valence-electron chi connectivity index (χ2n) is 6.46. The molecule has 1 aromatic rings. The summed E-state index contributed by atoms with van der Waals surface area (Å²) in [7, 11) is 0. The first kappa shape index (κ1) is 14.0. The molecule has 3 heteroatoms. The van der Waals surface area contributed by atoms with Crippen LogP contribution in [0, 0.1) is 5.92 Å². The fraction of sp³-hybridized carbons (Fsp3) is 0.706. The van der Waals surface area contributed by atoms with Gasteiger partial charge in [0.25, 0.3) is 0 Å². The lowest BCUT2D eigenvalue weighted by Gasteiger charge is -2.31. The molecule has 1 aromatic heterocycles. The Balaban J connectivity index is 1.49. The lowest BCUT2D eigenvalue weighted by Crippen LogP contribution is -2.34. The lowest BCUT2D eigenvalue weighted by molar-refractivity contribution is 0.163. The number of rotatable bonds is 6. The van der Waals surface area contributed by atoms with Gasteiger partial charge in [-0.15, -0.1) is 0 Å². The molecule has 2 heterocycles. The van der Waals surface area contributed by atoms with Crippen LogP contribution in [0.2, 0.25) is 0 Å². The fourth-order valence-corrected chi connectivity index (χ4v) is 3.06. The van der Waals surface area contributed by atoms with E-state index in [0.717, 1.165) is 25.0 Å². The summed E-state index contributed by atoms with van der Waals surface area (Å²) in [4.78, 5) is 7.21. The molecule has 1 aliphatic carbocycles. The Morgan fingerprint density at radius 2 is 2.20 bits per heavy atom. The average Bonchev–Trinajstić information content (AvgIpc) is 3.31. The monoisotopic (exact) mass is 273 g/mol. The summed E-state index contributed by atoms with van der Waals surface area (Å²) in [5.74, 6) is 0.894. The molecule has 3 nitrogen and oxygen atoms in total. The van der Waals surface area contributed by atoms with Crippen molar-refractivity contribution in [1.82, 2.24) is 15.2 Å². The molecule has 1 saturated carbocycles. The van der Waals surface area contributed by atoms with Gasteiger partial charge in [-0.25, -0.2) is 0 Å². The Morgan fingerprint density at radius 3 is 2.90 bits per heavy atom. The van der Waals surface area contributed by atoms with Crippen molar-refractivity contribution in [3.8, 4) is 0 Å². The Bertz CT molecular complexity index is 411. The smallest absolute Gasteiger partial charge is 0.0544 e. The van der Waals surface area contributed by atoms with E-state index in [1.807, 2.05) is 6.20 Å². The molecule has 1 aliphatic heterocycles. The molecule has 0 aromatic carbocycles. The van der Waals surface area contributed by atoms with Crippen molar-refractivity contribution in [2.45, 2.75) is 58.2 Å². The third-order valence-corrected chi connectivity index (χ3v) is 4.62. The number of hydrogen-bond acceptors (Lipinski definition) is 3. The second-order valence-corrected chi connectivity index (χ2v) is 6.46. The molecule has 1 N–H and O–H groups in total. The Labute approximate surface area is 122 Å². The van der Waals surface area contributed by atoms with E-state index in [1.165, 1.54) is 56.5 Å². The zero-order valence-corrected chi connectivity index (χ0v) is 12.6. The van der Waals surface area contributed by atoms with Gasteiger partial charge in [0.05, 0.1) is 5.69 Å². The van der Waals surface area contributed by atoms with E-state index in [9.17, 15) is 0 Å². The van der Waals surface area contributed by atoms with E-state index >= 15 is 0 Å². The quantitative estimate of drug-likeness (QED) is 0.863. The predicted molar refractivity (Wildman–Crippen MR) is 82.4 cm³/mol. The zero-order chi connectivity index (χ0) is 13.8. The van der Waals surface area contributed by atoms with Crippen molar-refractivity contribution in [3.05, 3.63) is 29.6 Å². The second kappa shape index (κ2) is 6.68. The third kappa shape index (κ3) is 4.03. The van der Waals surface area contributed by atoms with Gasteiger partial charge >= 0.3 is 0 Å². The molecule has 110 valence electrons. The largest absolute Gasteiger partial charge is 0.310 e. The van der Waals surface area contributed by atoms with Crippen molar-refractivity contribution in [2.75, 3.05) is 13.1 Å². The summed E-state index contributed by atoms with van der Waals surface area (Å²) < 4.78 is 0. The maximum Gasteiger partial charge on any atom is 0.0544 e. The zero-order valence-electron chi connectivity index (χ0n) is 12.6. The van der Waals surface area contributed by atoms with Gasteiger partial charge in [-0.1, -0.05) is 19.4 Å². The minimum absolute atomic E-state index is 0.772. The molecule has 0 bridgehead atoms. The van der Waals surface area contributed by atoms with Crippen molar-refractivity contribution in [1.29, 1.82) is 0 Å². The highest BCUT2D eigenvalue weighted by Crippen LogP contribution is 2.21. The molecule has 1 saturated heterocycles. The van der Waals surface area contributed by atoms with Gasteiger partial charge in [0, 0.05) is 31.9 Å². The van der Waals surface area contributed by atoms with Crippen LogP contribution in [0.5, 0.6) is 0 Å². The van der Waals surface area contributed by atoms with Gasteiger partial charge in [0.2, 0.25) is 0 Å². The molecule has 0 amide bonds. The maximum absolute atomic E-state index is 4.64. The molecule has 0 spiro atoms. The topological polar surface area (TPSA) is 28.2 Å². The lowest BCUT2D eigenvalue weighted by atomic mass is 9.95. The van der Waals surface area contributed by atoms with Crippen molar-refractivity contribution in [2.24, 2.45) is 5.92 Å². The molecule has 20 heavy (non-hydrogen) atoms. The van der Waals surface area contributed by atoms with Crippen LogP contribution in [0.4, 0.5) is 0 Å². The highest BCUT2D eigenvalue weighted by atomic mass is 15.1. The van der Waals surface area contributed by atoms with E-state index in [2.05, 4.69) is 34.3 Å². The molecule has 2 aliphatic rings. The highest BCUT2D eigenvalue weighted by molar-refractivity contribution is 5.14. The van der Waals surface area contributed by atoms with Gasteiger partial charge in [-0.3, -0.25) is 9.88 Å². The fourth-order valence-electron chi connectivity index (χ4n) is 3.06. The number of hydrogen-bond donors (Lipinski definition) is 1. The molecule has 3 rings (SSSR count). The normalized spacial score (nSPS) is 23.9. The van der Waals surface area contributed by atoms with Crippen molar-refractivity contribution >= 4 is 0 Å². The van der Waals surface area contributed by atoms with Crippen LogP contribution in [0.25, 0.3) is 0 Å². The van der Waals surface area contributed by atoms with Crippen LogP contribution in [-0.4, -0.2) is 29.0 Å². The summed E-state index contributed by atoms with van der Waals surface area (Å²) in [5, 5.41) is 3.54. The van der Waals surface area contributed by atoms with E-state index in [0.29, 0.717) is 0 Å². The van der Waals surface area contributed by atoms with Crippen LogP contribution in [0.15, 0.2) is 18.3 Å². The van der Waals surface area contributed by atoms with Crippen LogP contribution in [-0.2, 0) is 13.1 Å². The number of nitrogens with one attached hydrogen (secondary N) is 1. The van der Waals surface area contributed by atoms with E-state index in [4.69, 9.17) is 0 Å². The van der Waals surface area contributed by atoms with Crippen molar-refractivity contribution < 1.29 is 0 Å². The van der Waals surface area contributed by atoms with Crippen molar-refractivity contribution in [3.63, 3.8) is 0 Å². The predicted octanol–water partition coefficient (Wildman–Crippen LogP) is 2.96.